The van der Waals surface area contributed by atoms with Gasteiger partial charge in [-0.1, -0.05) is 11.6 Å². The molecule has 1 aliphatic rings. The average Bonchev–Trinajstić information content (AvgIpc) is 2.43. The number of piperidine rings is 1. The third-order valence-corrected chi connectivity index (χ3v) is 3.70. The fourth-order valence-corrected chi connectivity index (χ4v) is 2.54. The Morgan fingerprint density at radius 3 is 2.58 bits per heavy atom. The van der Waals surface area contributed by atoms with Crippen LogP contribution in [0.1, 0.15) is 19.8 Å². The minimum absolute atomic E-state index is 0.0308. The summed E-state index contributed by atoms with van der Waals surface area (Å²) in [5.41, 5.74) is 0.779. The van der Waals surface area contributed by atoms with Crippen LogP contribution in [-0.2, 0) is 0 Å². The molecule has 0 unspecified atom stereocenters. The lowest BCUT2D eigenvalue weighted by atomic mass is 10.1. The van der Waals surface area contributed by atoms with Crippen LogP contribution in [0, 0.1) is 0 Å². The highest BCUT2D eigenvalue weighted by Crippen LogP contribution is 2.16. The van der Waals surface area contributed by atoms with Crippen LogP contribution >= 0.6 is 11.6 Å². The van der Waals surface area contributed by atoms with E-state index in [-0.39, 0.29) is 6.03 Å². The Balaban J connectivity index is 1.97. The lowest BCUT2D eigenvalue weighted by Crippen LogP contribution is -2.47. The zero-order valence-corrected chi connectivity index (χ0v) is 11.9. The van der Waals surface area contributed by atoms with E-state index in [0.29, 0.717) is 11.1 Å². The van der Waals surface area contributed by atoms with Gasteiger partial charge in [-0.25, -0.2) is 4.79 Å². The fourth-order valence-electron chi connectivity index (χ4n) is 2.41. The van der Waals surface area contributed by atoms with Crippen molar-refractivity contribution in [2.75, 3.05) is 25.0 Å². The summed E-state index contributed by atoms with van der Waals surface area (Å²) in [7, 11) is 0. The van der Waals surface area contributed by atoms with Crippen LogP contribution in [0.25, 0.3) is 0 Å². The lowest BCUT2D eigenvalue weighted by Gasteiger charge is -2.33. The molecule has 19 heavy (non-hydrogen) atoms. The molecule has 1 fully saturated rings. The minimum Gasteiger partial charge on any atom is -0.322 e. The lowest BCUT2D eigenvalue weighted by molar-refractivity contribution is 0.175. The summed E-state index contributed by atoms with van der Waals surface area (Å²) in [5.74, 6) is 0. The van der Waals surface area contributed by atoms with E-state index in [1.165, 1.54) is 0 Å². The smallest absolute Gasteiger partial charge is 0.322 e. The van der Waals surface area contributed by atoms with E-state index < -0.39 is 0 Å². The molecule has 104 valence electrons. The quantitative estimate of drug-likeness (QED) is 0.895. The predicted molar refractivity (Wildman–Crippen MR) is 78.7 cm³/mol. The van der Waals surface area contributed by atoms with Crippen LogP contribution < -0.4 is 10.6 Å². The van der Waals surface area contributed by atoms with Crippen molar-refractivity contribution in [2.24, 2.45) is 0 Å². The maximum Gasteiger partial charge on any atom is 0.322 e. The molecule has 0 aliphatic carbocycles. The number of hydrogen-bond donors (Lipinski definition) is 2. The molecule has 2 N–H and O–H groups in total. The first-order chi connectivity index (χ1) is 9.20. The first-order valence-corrected chi connectivity index (χ1v) is 7.12. The largest absolute Gasteiger partial charge is 0.322 e. The van der Waals surface area contributed by atoms with Gasteiger partial charge in [-0.3, -0.25) is 0 Å². The van der Waals surface area contributed by atoms with Crippen LogP contribution in [0.2, 0.25) is 5.02 Å². The molecule has 0 bridgehead atoms. The zero-order valence-electron chi connectivity index (χ0n) is 11.2. The van der Waals surface area contributed by atoms with Gasteiger partial charge in [0.2, 0.25) is 0 Å². The second-order valence-corrected chi connectivity index (χ2v) is 5.14. The summed E-state index contributed by atoms with van der Waals surface area (Å²) in [6.45, 7) is 4.71. The third-order valence-electron chi connectivity index (χ3n) is 3.45. The number of nitrogens with zero attached hydrogens (tertiary/aromatic N) is 1. The van der Waals surface area contributed by atoms with Gasteiger partial charge in [0.05, 0.1) is 0 Å². The van der Waals surface area contributed by atoms with E-state index in [2.05, 4.69) is 10.6 Å². The molecule has 0 spiro atoms. The summed E-state index contributed by atoms with van der Waals surface area (Å²) >= 11 is 5.83. The van der Waals surface area contributed by atoms with Crippen molar-refractivity contribution >= 4 is 23.3 Å². The van der Waals surface area contributed by atoms with Crippen LogP contribution in [0.5, 0.6) is 0 Å². The van der Waals surface area contributed by atoms with E-state index in [0.717, 1.165) is 38.2 Å². The number of anilines is 1. The predicted octanol–water partition coefficient (Wildman–Crippen LogP) is 2.95. The normalized spacial score (nSPS) is 16.1. The molecule has 4 nitrogen and oxygen atoms in total. The van der Waals surface area contributed by atoms with Gasteiger partial charge in [-0.2, -0.15) is 0 Å². The molecule has 0 saturated carbocycles. The van der Waals surface area contributed by atoms with Gasteiger partial charge < -0.3 is 15.5 Å². The van der Waals surface area contributed by atoms with Crippen molar-refractivity contribution in [2.45, 2.75) is 25.8 Å². The molecular formula is C14H20ClN3O. The Bertz CT molecular complexity index is 415. The van der Waals surface area contributed by atoms with Crippen LogP contribution in [-0.4, -0.2) is 36.6 Å². The molecule has 0 radical (unpaired) electrons. The van der Waals surface area contributed by atoms with Gasteiger partial charge in [0.15, 0.2) is 0 Å². The van der Waals surface area contributed by atoms with Gasteiger partial charge in [0, 0.05) is 23.3 Å². The second-order valence-electron chi connectivity index (χ2n) is 4.70. The molecule has 2 amide bonds. The SMILES string of the molecule is CCN(C(=O)Nc1ccc(Cl)cc1)C1CCNCC1. The van der Waals surface area contributed by atoms with Crippen LogP contribution in [0.4, 0.5) is 10.5 Å². The van der Waals surface area contributed by atoms with Crippen molar-refractivity contribution in [3.8, 4) is 0 Å². The maximum absolute atomic E-state index is 12.3. The zero-order chi connectivity index (χ0) is 13.7. The topological polar surface area (TPSA) is 44.4 Å². The fraction of sp³-hybridized carbons (Fsp3) is 0.500. The van der Waals surface area contributed by atoms with Crippen LogP contribution in [0.15, 0.2) is 24.3 Å². The Morgan fingerprint density at radius 2 is 2.00 bits per heavy atom. The molecule has 1 saturated heterocycles. The molecule has 1 aliphatic heterocycles. The van der Waals surface area contributed by atoms with Gasteiger partial charge in [-0.15, -0.1) is 0 Å². The van der Waals surface area contributed by atoms with Crippen molar-refractivity contribution in [3.05, 3.63) is 29.3 Å². The van der Waals surface area contributed by atoms with Crippen molar-refractivity contribution in [1.29, 1.82) is 0 Å². The van der Waals surface area contributed by atoms with E-state index in [4.69, 9.17) is 11.6 Å². The average molecular weight is 282 g/mol. The molecule has 0 aromatic heterocycles. The van der Waals surface area contributed by atoms with Crippen molar-refractivity contribution in [3.63, 3.8) is 0 Å². The first-order valence-electron chi connectivity index (χ1n) is 6.74. The second kappa shape index (κ2) is 6.78. The van der Waals surface area contributed by atoms with Crippen molar-refractivity contribution in [1.82, 2.24) is 10.2 Å². The molecule has 0 atom stereocenters. The summed E-state index contributed by atoms with van der Waals surface area (Å²) in [5, 5.41) is 6.91. The number of amides is 2. The molecule has 1 aromatic rings. The maximum atomic E-state index is 12.3. The van der Waals surface area contributed by atoms with Gasteiger partial charge in [0.1, 0.15) is 0 Å². The monoisotopic (exact) mass is 281 g/mol. The van der Waals surface area contributed by atoms with E-state index >= 15 is 0 Å². The van der Waals surface area contributed by atoms with Crippen LogP contribution in [0.3, 0.4) is 0 Å². The molecule has 1 heterocycles. The number of halogens is 1. The summed E-state index contributed by atoms with van der Waals surface area (Å²) in [6, 6.07) is 7.48. The van der Waals surface area contributed by atoms with Gasteiger partial charge in [-0.05, 0) is 57.1 Å². The number of carbonyl (C=O) groups is 1. The number of benzene rings is 1. The Labute approximate surface area is 119 Å². The summed E-state index contributed by atoms with van der Waals surface area (Å²) < 4.78 is 0. The van der Waals surface area contributed by atoms with E-state index in [1.807, 2.05) is 24.0 Å². The highest BCUT2D eigenvalue weighted by Gasteiger charge is 2.23. The van der Waals surface area contributed by atoms with Gasteiger partial charge >= 0.3 is 6.03 Å². The molecule has 2 rings (SSSR count). The Kier molecular flexibility index (Phi) is 5.05. The highest BCUT2D eigenvalue weighted by molar-refractivity contribution is 6.30. The first kappa shape index (κ1) is 14.2. The van der Waals surface area contributed by atoms with E-state index in [1.54, 1.807) is 12.1 Å². The van der Waals surface area contributed by atoms with Gasteiger partial charge in [0.25, 0.3) is 0 Å². The standard InChI is InChI=1S/C14H20ClN3O/c1-2-18(13-7-9-16-10-8-13)14(19)17-12-5-3-11(15)4-6-12/h3-6,13,16H,2,7-10H2,1H3,(H,17,19). The number of urea groups is 1. The summed E-state index contributed by atoms with van der Waals surface area (Å²) in [4.78, 5) is 14.2. The third kappa shape index (κ3) is 3.85. The van der Waals surface area contributed by atoms with E-state index in [9.17, 15) is 4.79 Å². The summed E-state index contributed by atoms with van der Waals surface area (Å²) in [6.07, 6.45) is 2.03. The molecule has 5 heteroatoms. The molecule has 1 aromatic carbocycles. The van der Waals surface area contributed by atoms with Crippen molar-refractivity contribution < 1.29 is 4.79 Å². The molecular weight excluding hydrogens is 262 g/mol. The number of hydrogen-bond acceptors (Lipinski definition) is 2. The highest BCUT2D eigenvalue weighted by atomic mass is 35.5. The Hall–Kier alpha value is -1.26. The minimum atomic E-state index is -0.0308. The Morgan fingerprint density at radius 1 is 1.37 bits per heavy atom. The number of carbonyl (C=O) groups excluding carboxylic acids is 1. The number of rotatable bonds is 3. The number of nitrogens with one attached hydrogen (secondary N) is 2.